The minimum Gasteiger partial charge on any atom is -0.465 e. The first-order valence-electron chi connectivity index (χ1n) is 4.54. The van der Waals surface area contributed by atoms with Crippen molar-refractivity contribution in [2.24, 2.45) is 5.92 Å². The van der Waals surface area contributed by atoms with Gasteiger partial charge in [-0.15, -0.1) is 9.24 Å². The maximum atomic E-state index is 11.3. The first kappa shape index (κ1) is 11.9. The van der Waals surface area contributed by atoms with E-state index >= 15 is 0 Å². The van der Waals surface area contributed by atoms with Crippen molar-refractivity contribution >= 4 is 15.2 Å². The van der Waals surface area contributed by atoms with Gasteiger partial charge in [-0.1, -0.05) is 20.8 Å². The van der Waals surface area contributed by atoms with E-state index in [0.29, 0.717) is 12.3 Å². The van der Waals surface area contributed by atoms with E-state index < -0.39 is 0 Å². The Kier molecular flexibility index (Phi) is 6.37. The Balaban J connectivity index is 3.69. The molecule has 2 nitrogen and oxygen atoms in total. The fourth-order valence-electron chi connectivity index (χ4n) is 0.953. The molecule has 2 atom stereocenters. The molecule has 12 heavy (non-hydrogen) atoms. The van der Waals surface area contributed by atoms with Crippen LogP contribution in [0, 0.1) is 5.92 Å². The molecule has 0 aliphatic rings. The molecule has 0 bridgehead atoms. The normalized spacial score (nSPS) is 13.1. The van der Waals surface area contributed by atoms with E-state index in [4.69, 9.17) is 4.74 Å². The summed E-state index contributed by atoms with van der Waals surface area (Å²) in [6.45, 7) is 6.55. The number of hydrogen-bond donors (Lipinski definition) is 0. The van der Waals surface area contributed by atoms with Gasteiger partial charge in [-0.25, -0.2) is 0 Å². The van der Waals surface area contributed by atoms with Crippen molar-refractivity contribution in [1.82, 2.24) is 0 Å². The average Bonchev–Trinajstić information content (AvgIpc) is 2.03. The molecule has 0 radical (unpaired) electrons. The molecule has 0 spiro atoms. The number of esters is 1. The Morgan fingerprint density at radius 1 is 1.42 bits per heavy atom. The van der Waals surface area contributed by atoms with E-state index in [1.165, 1.54) is 0 Å². The molecule has 0 heterocycles. The van der Waals surface area contributed by atoms with Crippen molar-refractivity contribution in [3.8, 4) is 0 Å². The lowest BCUT2D eigenvalue weighted by Crippen LogP contribution is -2.19. The van der Waals surface area contributed by atoms with Crippen LogP contribution in [0.1, 0.15) is 33.6 Å². The Bertz CT molecular complexity index is 130. The van der Waals surface area contributed by atoms with Crippen molar-refractivity contribution < 1.29 is 9.53 Å². The molecule has 0 fully saturated rings. The summed E-state index contributed by atoms with van der Waals surface area (Å²) >= 11 is 0. The summed E-state index contributed by atoms with van der Waals surface area (Å²) in [7, 11) is 2.61. The summed E-state index contributed by atoms with van der Waals surface area (Å²) in [5, 5.41) is 0. The van der Waals surface area contributed by atoms with Crippen LogP contribution in [0.4, 0.5) is 0 Å². The summed E-state index contributed by atoms with van der Waals surface area (Å²) in [6.07, 6.45) is 1.75. The quantitative estimate of drug-likeness (QED) is 0.491. The van der Waals surface area contributed by atoms with E-state index in [1.807, 2.05) is 20.8 Å². The van der Waals surface area contributed by atoms with Gasteiger partial charge in [-0.3, -0.25) is 4.79 Å². The topological polar surface area (TPSA) is 26.3 Å². The molecule has 0 saturated heterocycles. The summed E-state index contributed by atoms with van der Waals surface area (Å²) in [6, 6.07) is 0. The average molecular weight is 190 g/mol. The summed E-state index contributed by atoms with van der Waals surface area (Å²) in [5.41, 5.74) is 0.350. The van der Waals surface area contributed by atoms with Crippen LogP contribution >= 0.6 is 9.24 Å². The highest BCUT2D eigenvalue weighted by molar-refractivity contribution is 7.17. The van der Waals surface area contributed by atoms with Crippen LogP contribution in [0.3, 0.4) is 0 Å². The SMILES string of the molecule is CCC(CC)C(=O)OCC(C)P. The minimum atomic E-state index is -0.0469. The monoisotopic (exact) mass is 190 g/mol. The summed E-state index contributed by atoms with van der Waals surface area (Å²) in [5.74, 6) is 0.0445. The highest BCUT2D eigenvalue weighted by atomic mass is 31.0. The lowest BCUT2D eigenvalue weighted by atomic mass is 10.0. The first-order chi connectivity index (χ1) is 5.61. The first-order valence-corrected chi connectivity index (χ1v) is 5.20. The van der Waals surface area contributed by atoms with E-state index in [0.717, 1.165) is 12.8 Å². The number of rotatable bonds is 5. The zero-order valence-electron chi connectivity index (χ0n) is 8.17. The minimum absolute atomic E-state index is 0.0469. The van der Waals surface area contributed by atoms with Crippen molar-refractivity contribution in [3.63, 3.8) is 0 Å². The van der Waals surface area contributed by atoms with Gasteiger partial charge in [-0.05, 0) is 12.8 Å². The maximum Gasteiger partial charge on any atom is 0.308 e. The third-order valence-electron chi connectivity index (χ3n) is 1.81. The van der Waals surface area contributed by atoms with Gasteiger partial charge in [0.25, 0.3) is 0 Å². The molecule has 0 rings (SSSR count). The molecule has 72 valence electrons. The lowest BCUT2D eigenvalue weighted by Gasteiger charge is -2.12. The molecule has 3 heteroatoms. The van der Waals surface area contributed by atoms with Crippen LogP contribution < -0.4 is 0 Å². The van der Waals surface area contributed by atoms with E-state index in [-0.39, 0.29) is 11.9 Å². The zero-order valence-corrected chi connectivity index (χ0v) is 9.32. The fourth-order valence-corrected chi connectivity index (χ4v) is 1.05. The van der Waals surface area contributed by atoms with Gasteiger partial charge in [0.2, 0.25) is 0 Å². The third kappa shape index (κ3) is 4.71. The molecule has 0 aromatic rings. The lowest BCUT2D eigenvalue weighted by molar-refractivity contribution is -0.148. The molecule has 0 N–H and O–H groups in total. The molecule has 2 unspecified atom stereocenters. The molecule has 0 saturated carbocycles. The van der Waals surface area contributed by atoms with Crippen LogP contribution in [0.15, 0.2) is 0 Å². The van der Waals surface area contributed by atoms with Gasteiger partial charge < -0.3 is 4.74 Å². The van der Waals surface area contributed by atoms with Crippen LogP contribution in [0.25, 0.3) is 0 Å². The Morgan fingerprint density at radius 3 is 2.25 bits per heavy atom. The van der Waals surface area contributed by atoms with Crippen molar-refractivity contribution in [3.05, 3.63) is 0 Å². The van der Waals surface area contributed by atoms with E-state index in [1.54, 1.807) is 0 Å². The summed E-state index contributed by atoms with van der Waals surface area (Å²) in [4.78, 5) is 11.3. The molecule has 0 aromatic carbocycles. The predicted octanol–water partition coefficient (Wildman–Crippen LogP) is 2.23. The van der Waals surface area contributed by atoms with Gasteiger partial charge >= 0.3 is 5.97 Å². The standard InChI is InChI=1S/C9H19O2P/c1-4-8(5-2)9(10)11-6-7(3)12/h7-8H,4-6,12H2,1-3H3. The van der Waals surface area contributed by atoms with Crippen LogP contribution in [-0.4, -0.2) is 18.2 Å². The third-order valence-corrected chi connectivity index (χ3v) is 2.00. The van der Waals surface area contributed by atoms with Crippen LogP contribution in [-0.2, 0) is 9.53 Å². The maximum absolute atomic E-state index is 11.3. The summed E-state index contributed by atoms with van der Waals surface area (Å²) < 4.78 is 5.09. The molecule has 0 aliphatic heterocycles. The number of ether oxygens (including phenoxy) is 1. The number of carbonyl (C=O) groups is 1. The van der Waals surface area contributed by atoms with Crippen molar-refractivity contribution in [1.29, 1.82) is 0 Å². The Morgan fingerprint density at radius 2 is 1.92 bits per heavy atom. The second-order valence-electron chi connectivity index (χ2n) is 3.12. The van der Waals surface area contributed by atoms with Gasteiger partial charge in [0.1, 0.15) is 0 Å². The molecule has 0 aromatic heterocycles. The van der Waals surface area contributed by atoms with Gasteiger partial charge in [-0.2, -0.15) is 0 Å². The highest BCUT2D eigenvalue weighted by Gasteiger charge is 2.15. The fraction of sp³-hybridized carbons (Fsp3) is 0.889. The molecular weight excluding hydrogens is 171 g/mol. The zero-order chi connectivity index (χ0) is 9.56. The predicted molar refractivity (Wildman–Crippen MR) is 54.2 cm³/mol. The Labute approximate surface area is 77.3 Å². The van der Waals surface area contributed by atoms with Crippen LogP contribution in [0.2, 0.25) is 0 Å². The van der Waals surface area contributed by atoms with Crippen molar-refractivity contribution in [2.45, 2.75) is 39.3 Å². The second kappa shape index (κ2) is 6.42. The largest absolute Gasteiger partial charge is 0.465 e. The van der Waals surface area contributed by atoms with E-state index in [2.05, 4.69) is 9.24 Å². The molecule has 0 amide bonds. The smallest absolute Gasteiger partial charge is 0.308 e. The van der Waals surface area contributed by atoms with Crippen molar-refractivity contribution in [2.75, 3.05) is 6.61 Å². The number of hydrogen-bond acceptors (Lipinski definition) is 2. The Hall–Kier alpha value is -0.100. The van der Waals surface area contributed by atoms with Gasteiger partial charge in [0.05, 0.1) is 12.5 Å². The molecule has 0 aliphatic carbocycles. The second-order valence-corrected chi connectivity index (χ2v) is 4.26. The van der Waals surface area contributed by atoms with Crippen LogP contribution in [0.5, 0.6) is 0 Å². The molecular formula is C9H19O2P. The van der Waals surface area contributed by atoms with E-state index in [9.17, 15) is 4.79 Å². The van der Waals surface area contributed by atoms with Gasteiger partial charge in [0.15, 0.2) is 0 Å². The number of carbonyl (C=O) groups excluding carboxylic acids is 1. The highest BCUT2D eigenvalue weighted by Crippen LogP contribution is 2.10. The van der Waals surface area contributed by atoms with Gasteiger partial charge in [0, 0.05) is 5.66 Å².